The molecule has 1 aromatic rings. The molecular weight excluding hydrogens is 264 g/mol. The second kappa shape index (κ2) is 8.03. The van der Waals surface area contributed by atoms with Gasteiger partial charge in [-0.2, -0.15) is 0 Å². The van der Waals surface area contributed by atoms with Crippen molar-refractivity contribution in [3.8, 4) is 5.75 Å². The summed E-state index contributed by atoms with van der Waals surface area (Å²) in [6.07, 6.45) is 3.94. The number of nitrogens with zero attached hydrogens (tertiary/aromatic N) is 2. The van der Waals surface area contributed by atoms with E-state index in [0.717, 1.165) is 25.3 Å². The van der Waals surface area contributed by atoms with Crippen LogP contribution in [0.3, 0.4) is 0 Å². The molecule has 1 aliphatic rings. The predicted molar refractivity (Wildman–Crippen MR) is 84.5 cm³/mol. The molecule has 1 unspecified atom stereocenters. The summed E-state index contributed by atoms with van der Waals surface area (Å²) in [5, 5.41) is 0. The van der Waals surface area contributed by atoms with E-state index in [1.54, 1.807) is 0 Å². The van der Waals surface area contributed by atoms with E-state index in [9.17, 15) is 4.79 Å². The number of hydrogen-bond donors (Lipinski definition) is 0. The normalized spacial score (nSPS) is 19.4. The highest BCUT2D eigenvalue weighted by Gasteiger charge is 2.22. The summed E-state index contributed by atoms with van der Waals surface area (Å²) in [5.74, 6) is 1.03. The van der Waals surface area contributed by atoms with Crippen LogP contribution in [0.25, 0.3) is 0 Å². The van der Waals surface area contributed by atoms with E-state index in [1.165, 1.54) is 12.8 Å². The Kier molecular flexibility index (Phi) is 6.05. The summed E-state index contributed by atoms with van der Waals surface area (Å²) in [6.45, 7) is 2.18. The lowest BCUT2D eigenvalue weighted by Gasteiger charge is -2.28. The van der Waals surface area contributed by atoms with Gasteiger partial charge in [0.25, 0.3) is 0 Å². The lowest BCUT2D eigenvalue weighted by Crippen LogP contribution is -2.42. The number of benzene rings is 1. The number of carbonyl (C=O) groups is 1. The average Bonchev–Trinajstić information content (AvgIpc) is 2.74. The number of likely N-dealkylation sites (tertiary alicyclic amines) is 1. The summed E-state index contributed by atoms with van der Waals surface area (Å²) in [7, 11) is 4.19. The monoisotopic (exact) mass is 290 g/mol. The number of para-hydroxylation sites is 1. The van der Waals surface area contributed by atoms with Crippen LogP contribution in [-0.4, -0.2) is 55.5 Å². The van der Waals surface area contributed by atoms with Gasteiger partial charge in [-0.05, 0) is 39.1 Å². The highest BCUT2D eigenvalue weighted by atomic mass is 16.5. The molecule has 0 aliphatic carbocycles. The first-order chi connectivity index (χ1) is 10.2. The summed E-state index contributed by atoms with van der Waals surface area (Å²) in [5.41, 5.74) is 0. The van der Waals surface area contributed by atoms with Crippen molar-refractivity contribution in [1.82, 2.24) is 9.80 Å². The molecule has 1 aliphatic heterocycles. The highest BCUT2D eigenvalue weighted by molar-refractivity contribution is 5.76. The minimum Gasteiger partial charge on any atom is -0.493 e. The molecule has 1 saturated heterocycles. The predicted octanol–water partition coefficient (Wildman–Crippen LogP) is 2.40. The van der Waals surface area contributed by atoms with Gasteiger partial charge in [0.15, 0.2) is 0 Å². The van der Waals surface area contributed by atoms with Gasteiger partial charge in [0.1, 0.15) is 5.75 Å². The van der Waals surface area contributed by atoms with Crippen molar-refractivity contribution in [2.75, 3.05) is 33.8 Å². The quantitative estimate of drug-likeness (QED) is 0.835. The third kappa shape index (κ3) is 5.05. The van der Waals surface area contributed by atoms with Gasteiger partial charge in [-0.3, -0.25) is 4.79 Å². The summed E-state index contributed by atoms with van der Waals surface area (Å²) in [6, 6.07) is 10.1. The van der Waals surface area contributed by atoms with Crippen LogP contribution in [0.2, 0.25) is 0 Å². The number of likely N-dealkylation sites (N-methyl/N-ethyl adjacent to an activating group) is 1. The van der Waals surface area contributed by atoms with Gasteiger partial charge in [0.05, 0.1) is 13.0 Å². The molecule has 1 heterocycles. The molecule has 116 valence electrons. The second-order valence-electron chi connectivity index (χ2n) is 5.86. The Morgan fingerprint density at radius 2 is 2.05 bits per heavy atom. The van der Waals surface area contributed by atoms with E-state index in [0.29, 0.717) is 19.1 Å². The number of carbonyl (C=O) groups excluding carboxylic acids is 1. The van der Waals surface area contributed by atoms with Crippen molar-refractivity contribution >= 4 is 5.91 Å². The first-order valence-corrected chi connectivity index (χ1v) is 7.79. The number of amides is 1. The van der Waals surface area contributed by atoms with Gasteiger partial charge in [0, 0.05) is 19.1 Å². The lowest BCUT2D eigenvalue weighted by atomic mass is 10.1. The largest absolute Gasteiger partial charge is 0.493 e. The van der Waals surface area contributed by atoms with Crippen molar-refractivity contribution in [2.24, 2.45) is 0 Å². The molecule has 2 rings (SSSR count). The molecule has 0 radical (unpaired) electrons. The van der Waals surface area contributed by atoms with Crippen LogP contribution in [0.5, 0.6) is 5.75 Å². The Balaban J connectivity index is 1.79. The molecule has 0 N–H and O–H groups in total. The third-order valence-corrected chi connectivity index (χ3v) is 4.06. The number of hydrogen-bond acceptors (Lipinski definition) is 3. The molecule has 4 heteroatoms. The fourth-order valence-electron chi connectivity index (χ4n) is 2.70. The zero-order valence-electron chi connectivity index (χ0n) is 13.1. The Labute approximate surface area is 127 Å². The van der Waals surface area contributed by atoms with E-state index >= 15 is 0 Å². The zero-order chi connectivity index (χ0) is 15.1. The van der Waals surface area contributed by atoms with E-state index in [4.69, 9.17) is 4.74 Å². The van der Waals surface area contributed by atoms with E-state index in [2.05, 4.69) is 19.0 Å². The Morgan fingerprint density at radius 1 is 1.29 bits per heavy atom. The summed E-state index contributed by atoms with van der Waals surface area (Å²) >= 11 is 0. The first-order valence-electron chi connectivity index (χ1n) is 7.79. The van der Waals surface area contributed by atoms with E-state index < -0.39 is 0 Å². The van der Waals surface area contributed by atoms with Gasteiger partial charge in [0.2, 0.25) is 5.91 Å². The van der Waals surface area contributed by atoms with Crippen LogP contribution >= 0.6 is 0 Å². The van der Waals surface area contributed by atoms with Crippen molar-refractivity contribution in [3.05, 3.63) is 30.3 Å². The molecule has 0 bridgehead atoms. The molecule has 0 aromatic heterocycles. The van der Waals surface area contributed by atoms with Gasteiger partial charge in [-0.15, -0.1) is 0 Å². The van der Waals surface area contributed by atoms with E-state index in [-0.39, 0.29) is 5.91 Å². The fourth-order valence-corrected chi connectivity index (χ4v) is 2.70. The van der Waals surface area contributed by atoms with Crippen LogP contribution in [0, 0.1) is 0 Å². The molecule has 21 heavy (non-hydrogen) atoms. The van der Waals surface area contributed by atoms with Crippen LogP contribution < -0.4 is 4.74 Å². The smallest absolute Gasteiger partial charge is 0.226 e. The van der Waals surface area contributed by atoms with Crippen molar-refractivity contribution < 1.29 is 9.53 Å². The fraction of sp³-hybridized carbons (Fsp3) is 0.588. The summed E-state index contributed by atoms with van der Waals surface area (Å²) in [4.78, 5) is 16.6. The Bertz CT molecular complexity index is 434. The molecule has 4 nitrogen and oxygen atoms in total. The number of ether oxygens (including phenoxy) is 1. The van der Waals surface area contributed by atoms with Crippen molar-refractivity contribution in [3.63, 3.8) is 0 Å². The Hall–Kier alpha value is -1.55. The van der Waals surface area contributed by atoms with Gasteiger partial charge in [-0.1, -0.05) is 24.6 Å². The van der Waals surface area contributed by atoms with Crippen molar-refractivity contribution in [2.45, 2.75) is 31.7 Å². The van der Waals surface area contributed by atoms with Crippen LogP contribution in [-0.2, 0) is 4.79 Å². The maximum atomic E-state index is 12.3. The van der Waals surface area contributed by atoms with Crippen LogP contribution in [0.4, 0.5) is 0 Å². The zero-order valence-corrected chi connectivity index (χ0v) is 13.1. The lowest BCUT2D eigenvalue weighted by molar-refractivity contribution is -0.132. The summed E-state index contributed by atoms with van der Waals surface area (Å²) < 4.78 is 5.62. The second-order valence-corrected chi connectivity index (χ2v) is 5.86. The van der Waals surface area contributed by atoms with Crippen LogP contribution in [0.15, 0.2) is 30.3 Å². The molecule has 1 amide bonds. The first kappa shape index (κ1) is 15.8. The minimum atomic E-state index is 0.208. The molecule has 1 atom stereocenters. The minimum absolute atomic E-state index is 0.208. The van der Waals surface area contributed by atoms with Gasteiger partial charge in [-0.25, -0.2) is 0 Å². The standard InChI is InChI=1S/C17H26N2O2/c1-18(2)15-8-6-7-12-19(14-15)17(20)11-13-21-16-9-4-3-5-10-16/h3-5,9-10,15H,6-8,11-14H2,1-2H3. The SMILES string of the molecule is CN(C)C1CCCCN(C(=O)CCOc2ccccc2)C1. The molecule has 1 fully saturated rings. The number of rotatable bonds is 5. The molecule has 1 aromatic carbocycles. The molecular formula is C17H26N2O2. The molecule has 0 spiro atoms. The maximum Gasteiger partial charge on any atom is 0.226 e. The highest BCUT2D eigenvalue weighted by Crippen LogP contribution is 2.15. The van der Waals surface area contributed by atoms with Crippen molar-refractivity contribution in [1.29, 1.82) is 0 Å². The maximum absolute atomic E-state index is 12.3. The van der Waals surface area contributed by atoms with Gasteiger partial charge >= 0.3 is 0 Å². The van der Waals surface area contributed by atoms with E-state index in [1.807, 2.05) is 35.2 Å². The average molecular weight is 290 g/mol. The van der Waals surface area contributed by atoms with Crippen LogP contribution in [0.1, 0.15) is 25.7 Å². The van der Waals surface area contributed by atoms with Gasteiger partial charge < -0.3 is 14.5 Å². The third-order valence-electron chi connectivity index (χ3n) is 4.06. The Morgan fingerprint density at radius 3 is 2.76 bits per heavy atom. The topological polar surface area (TPSA) is 32.8 Å². The molecule has 0 saturated carbocycles.